The molecule has 45 heavy (non-hydrogen) atoms. The van der Waals surface area contributed by atoms with Crippen LogP contribution in [-0.4, -0.2) is 48.4 Å². The molecule has 4 amide bonds. The first-order valence-electron chi connectivity index (χ1n) is 14.4. The first-order chi connectivity index (χ1) is 21.6. The highest BCUT2D eigenvalue weighted by Gasteiger charge is 2.42. The lowest BCUT2D eigenvalue weighted by molar-refractivity contribution is -0.126. The fraction of sp³-hybridized carbons (Fsp3) is 0.273. The number of carbonyl (C=O) groups excluding carboxylic acids is 4. The Balaban J connectivity index is 1.67. The lowest BCUT2D eigenvalue weighted by Crippen LogP contribution is -2.51. The lowest BCUT2D eigenvalue weighted by atomic mass is 9.90. The summed E-state index contributed by atoms with van der Waals surface area (Å²) in [6.45, 7) is 3.81. The summed E-state index contributed by atoms with van der Waals surface area (Å²) >= 11 is 3.45. The number of benzene rings is 3. The zero-order valence-electron chi connectivity index (χ0n) is 24.8. The van der Waals surface area contributed by atoms with Gasteiger partial charge in [0.25, 0.3) is 0 Å². The van der Waals surface area contributed by atoms with Gasteiger partial charge in [-0.1, -0.05) is 62.4 Å². The average molecular weight is 680 g/mol. The van der Waals surface area contributed by atoms with E-state index in [2.05, 4.69) is 31.9 Å². The molecule has 11 nitrogen and oxygen atoms in total. The van der Waals surface area contributed by atoms with Crippen LogP contribution in [0.1, 0.15) is 26.7 Å². The molecule has 0 spiro atoms. The number of para-hydroxylation sites is 3. The van der Waals surface area contributed by atoms with E-state index in [1.165, 1.54) is 6.08 Å². The van der Waals surface area contributed by atoms with Gasteiger partial charge in [0.15, 0.2) is 12.2 Å². The second kappa shape index (κ2) is 15.8. The molecule has 1 aliphatic rings. The fourth-order valence-electron chi connectivity index (χ4n) is 4.68. The average Bonchev–Trinajstić information content (AvgIpc) is 3.00. The molecule has 3 aromatic carbocycles. The van der Waals surface area contributed by atoms with E-state index < -0.39 is 48.4 Å². The Hall–Kier alpha value is -4.84. The summed E-state index contributed by atoms with van der Waals surface area (Å²) in [5, 5.41) is 7.99. The maximum absolute atomic E-state index is 13.5. The third-order valence-electron chi connectivity index (χ3n) is 6.77. The third kappa shape index (κ3) is 9.83. The van der Waals surface area contributed by atoms with E-state index in [4.69, 9.17) is 19.9 Å². The molecule has 3 aromatic rings. The Morgan fingerprint density at radius 2 is 1.40 bits per heavy atom. The van der Waals surface area contributed by atoms with E-state index in [0.29, 0.717) is 28.0 Å². The van der Waals surface area contributed by atoms with Gasteiger partial charge in [0, 0.05) is 23.4 Å². The number of rotatable bonds is 11. The molecule has 0 aromatic heterocycles. The smallest absolute Gasteiger partial charge is 0.412 e. The molecule has 0 aliphatic heterocycles. The maximum Gasteiger partial charge on any atom is 0.412 e. The number of nitrogens with one attached hydrogen (secondary N) is 3. The third-order valence-corrected chi connectivity index (χ3v) is 7.42. The standard InChI is InChI=1S/C33H35BrN4O7/c1-20(2)17-25(30(35)39)38-31(40)21-18-27(43-26-16-10-9-15-24(26)34)29(45-33(42)37-23-13-7-4-8-14-23)28(19-21)44-32(41)36-22-11-5-3-6-12-22/h3-16,18,20,25,27-29H,17,19H2,1-2H3,(H2,35,39)(H,36,41)(H,37,42)(H,38,40). The molecule has 0 saturated carbocycles. The molecule has 12 heteroatoms. The van der Waals surface area contributed by atoms with Crippen molar-refractivity contribution in [2.45, 2.75) is 51.0 Å². The van der Waals surface area contributed by atoms with Crippen LogP contribution in [0, 0.1) is 5.92 Å². The molecule has 1 aliphatic carbocycles. The number of primary amides is 1. The van der Waals surface area contributed by atoms with Crippen LogP contribution in [0.4, 0.5) is 21.0 Å². The van der Waals surface area contributed by atoms with Crippen LogP contribution in [-0.2, 0) is 19.1 Å². The molecule has 4 rings (SSSR count). The van der Waals surface area contributed by atoms with E-state index in [1.54, 1.807) is 84.9 Å². The minimum absolute atomic E-state index is 0.0771. The van der Waals surface area contributed by atoms with Crippen LogP contribution in [0.2, 0.25) is 0 Å². The topological polar surface area (TPSA) is 158 Å². The summed E-state index contributed by atoms with van der Waals surface area (Å²) in [6, 6.07) is 23.4. The normalized spacial score (nSPS) is 18.1. The highest BCUT2D eigenvalue weighted by atomic mass is 79.9. The summed E-state index contributed by atoms with van der Waals surface area (Å²) in [6.07, 6.45) is -3.44. The van der Waals surface area contributed by atoms with Crippen LogP contribution in [0.15, 0.2) is 101 Å². The zero-order chi connectivity index (χ0) is 32.3. The van der Waals surface area contributed by atoms with E-state index in [1.807, 2.05) is 13.8 Å². The molecule has 5 N–H and O–H groups in total. The van der Waals surface area contributed by atoms with E-state index >= 15 is 0 Å². The number of carbonyl (C=O) groups is 4. The molecular formula is C33H35BrN4O7. The van der Waals surface area contributed by atoms with E-state index in [9.17, 15) is 19.2 Å². The van der Waals surface area contributed by atoms with Crippen LogP contribution in [0.3, 0.4) is 0 Å². The first-order valence-corrected chi connectivity index (χ1v) is 15.2. The summed E-state index contributed by atoms with van der Waals surface area (Å²) in [7, 11) is 0. The van der Waals surface area contributed by atoms with Crippen LogP contribution in [0.25, 0.3) is 0 Å². The van der Waals surface area contributed by atoms with Gasteiger partial charge in [0.05, 0.1) is 4.47 Å². The van der Waals surface area contributed by atoms with Gasteiger partial charge in [-0.15, -0.1) is 0 Å². The maximum atomic E-state index is 13.5. The molecule has 0 fully saturated rings. The molecule has 236 valence electrons. The zero-order valence-corrected chi connectivity index (χ0v) is 26.4. The minimum atomic E-state index is -1.19. The number of hydrogen-bond donors (Lipinski definition) is 4. The first kappa shape index (κ1) is 33.1. The summed E-state index contributed by atoms with van der Waals surface area (Å²) in [5.41, 5.74) is 6.69. The second-order valence-electron chi connectivity index (χ2n) is 10.8. The fourth-order valence-corrected chi connectivity index (χ4v) is 5.06. The number of hydrogen-bond acceptors (Lipinski definition) is 7. The van der Waals surface area contributed by atoms with E-state index in [0.717, 1.165) is 0 Å². The monoisotopic (exact) mass is 678 g/mol. The van der Waals surface area contributed by atoms with Gasteiger partial charge < -0.3 is 25.3 Å². The van der Waals surface area contributed by atoms with Crippen molar-refractivity contribution >= 4 is 51.3 Å². The van der Waals surface area contributed by atoms with Crippen molar-refractivity contribution in [3.05, 3.63) is 101 Å². The highest BCUT2D eigenvalue weighted by Crippen LogP contribution is 2.32. The van der Waals surface area contributed by atoms with Crippen molar-refractivity contribution in [2.24, 2.45) is 11.7 Å². The summed E-state index contributed by atoms with van der Waals surface area (Å²) in [5.74, 6) is -0.805. The Morgan fingerprint density at radius 3 is 1.96 bits per heavy atom. The molecule has 0 radical (unpaired) electrons. The minimum Gasteiger partial charge on any atom is -0.481 e. The largest absolute Gasteiger partial charge is 0.481 e. The highest BCUT2D eigenvalue weighted by molar-refractivity contribution is 9.10. The predicted molar refractivity (Wildman–Crippen MR) is 173 cm³/mol. The Kier molecular flexibility index (Phi) is 11.6. The van der Waals surface area contributed by atoms with Crippen molar-refractivity contribution in [2.75, 3.05) is 10.6 Å². The molecule has 0 bridgehead atoms. The van der Waals surface area contributed by atoms with Gasteiger partial charge in [-0.25, -0.2) is 9.59 Å². The second-order valence-corrected chi connectivity index (χ2v) is 11.6. The van der Waals surface area contributed by atoms with Crippen LogP contribution in [0.5, 0.6) is 5.75 Å². The predicted octanol–water partition coefficient (Wildman–Crippen LogP) is 5.78. The summed E-state index contributed by atoms with van der Waals surface area (Å²) < 4.78 is 18.5. The van der Waals surface area contributed by atoms with Crippen LogP contribution < -0.4 is 26.4 Å². The molecule has 4 unspecified atom stereocenters. The Bertz CT molecular complexity index is 1520. The Morgan fingerprint density at radius 1 is 0.844 bits per heavy atom. The van der Waals surface area contributed by atoms with Crippen molar-refractivity contribution in [3.8, 4) is 5.75 Å². The van der Waals surface area contributed by atoms with Gasteiger partial charge >= 0.3 is 12.2 Å². The van der Waals surface area contributed by atoms with Gasteiger partial charge in [-0.05, 0) is 70.7 Å². The van der Waals surface area contributed by atoms with Crippen LogP contribution >= 0.6 is 15.9 Å². The number of ether oxygens (including phenoxy) is 3. The van der Waals surface area contributed by atoms with Crippen molar-refractivity contribution < 1.29 is 33.4 Å². The SMILES string of the molecule is CC(C)CC(NC(=O)C1=CC(Oc2ccccc2Br)C(OC(=O)Nc2ccccc2)C(OC(=O)Nc2ccccc2)C1)C(N)=O. The van der Waals surface area contributed by atoms with Crippen molar-refractivity contribution in [3.63, 3.8) is 0 Å². The summed E-state index contributed by atoms with van der Waals surface area (Å²) in [4.78, 5) is 51.8. The van der Waals surface area contributed by atoms with Gasteiger partial charge in [0.2, 0.25) is 11.8 Å². The van der Waals surface area contributed by atoms with E-state index in [-0.39, 0.29) is 17.9 Å². The molecule has 4 atom stereocenters. The van der Waals surface area contributed by atoms with Crippen molar-refractivity contribution in [1.29, 1.82) is 0 Å². The number of amides is 4. The van der Waals surface area contributed by atoms with Gasteiger partial charge in [0.1, 0.15) is 17.9 Å². The van der Waals surface area contributed by atoms with Crippen molar-refractivity contribution in [1.82, 2.24) is 5.32 Å². The molecule has 0 saturated heterocycles. The quantitative estimate of drug-likeness (QED) is 0.200. The van der Waals surface area contributed by atoms with Gasteiger partial charge in [-0.2, -0.15) is 0 Å². The Labute approximate surface area is 269 Å². The number of anilines is 2. The molecular weight excluding hydrogens is 644 g/mol. The number of nitrogens with two attached hydrogens (primary N) is 1. The number of halogens is 1. The van der Waals surface area contributed by atoms with Gasteiger partial charge in [-0.3, -0.25) is 20.2 Å². The molecule has 0 heterocycles. The lowest BCUT2D eigenvalue weighted by Gasteiger charge is -2.36.